The smallest absolute Gasteiger partial charge is 0.00509 e. The molecule has 1 rings (SSSR count). The van der Waals surface area contributed by atoms with E-state index >= 15 is 0 Å². The second kappa shape index (κ2) is 11.7. The van der Waals surface area contributed by atoms with Crippen LogP contribution in [0.25, 0.3) is 0 Å². The van der Waals surface area contributed by atoms with Gasteiger partial charge in [-0.2, -0.15) is 0 Å². The standard InChI is InChI=1S/C17H36N2/c1-3-4-5-6-7-8-9-10-14-19-15-11-13-18-17(2)12-16-19/h17-18H,3-16H2,1-2H3. The maximum absolute atomic E-state index is 3.58. The molecule has 0 radical (unpaired) electrons. The predicted octanol–water partition coefficient (Wildman–Crippen LogP) is 4.20. The summed E-state index contributed by atoms with van der Waals surface area (Å²) in [5, 5.41) is 3.58. The van der Waals surface area contributed by atoms with Gasteiger partial charge in [0.15, 0.2) is 0 Å². The van der Waals surface area contributed by atoms with E-state index < -0.39 is 0 Å². The van der Waals surface area contributed by atoms with E-state index in [-0.39, 0.29) is 0 Å². The minimum Gasteiger partial charge on any atom is -0.314 e. The van der Waals surface area contributed by atoms with Crippen molar-refractivity contribution in [3.8, 4) is 0 Å². The van der Waals surface area contributed by atoms with Gasteiger partial charge < -0.3 is 10.2 Å². The lowest BCUT2D eigenvalue weighted by Gasteiger charge is -2.27. The van der Waals surface area contributed by atoms with E-state index in [1.807, 2.05) is 0 Å². The zero-order valence-corrected chi connectivity index (χ0v) is 13.4. The molecular weight excluding hydrogens is 232 g/mol. The van der Waals surface area contributed by atoms with E-state index in [4.69, 9.17) is 0 Å². The monoisotopic (exact) mass is 268 g/mol. The van der Waals surface area contributed by atoms with Crippen molar-refractivity contribution in [2.75, 3.05) is 26.2 Å². The van der Waals surface area contributed by atoms with Gasteiger partial charge in [0.2, 0.25) is 0 Å². The summed E-state index contributed by atoms with van der Waals surface area (Å²) in [6.45, 7) is 9.75. The fourth-order valence-corrected chi connectivity index (χ4v) is 2.93. The molecule has 0 amide bonds. The Balaban J connectivity index is 1.92. The van der Waals surface area contributed by atoms with Crippen LogP contribution in [0.2, 0.25) is 0 Å². The maximum atomic E-state index is 3.58. The molecule has 1 unspecified atom stereocenters. The molecule has 0 bridgehead atoms. The third kappa shape index (κ3) is 9.45. The van der Waals surface area contributed by atoms with Crippen LogP contribution in [-0.4, -0.2) is 37.1 Å². The van der Waals surface area contributed by atoms with Crippen molar-refractivity contribution in [3.63, 3.8) is 0 Å². The number of nitrogens with one attached hydrogen (secondary N) is 1. The third-order valence-corrected chi connectivity index (χ3v) is 4.35. The van der Waals surface area contributed by atoms with Crippen LogP contribution >= 0.6 is 0 Å². The number of rotatable bonds is 9. The molecule has 1 aliphatic heterocycles. The van der Waals surface area contributed by atoms with Crippen LogP contribution in [0.3, 0.4) is 0 Å². The van der Waals surface area contributed by atoms with E-state index in [9.17, 15) is 0 Å². The van der Waals surface area contributed by atoms with Gasteiger partial charge >= 0.3 is 0 Å². The first-order valence-electron chi connectivity index (χ1n) is 8.78. The Morgan fingerprint density at radius 3 is 2.37 bits per heavy atom. The van der Waals surface area contributed by atoms with Gasteiger partial charge in [-0.15, -0.1) is 0 Å². The van der Waals surface area contributed by atoms with Crippen molar-refractivity contribution >= 4 is 0 Å². The largest absolute Gasteiger partial charge is 0.314 e. The van der Waals surface area contributed by atoms with Crippen molar-refractivity contribution < 1.29 is 0 Å². The lowest BCUT2D eigenvalue weighted by atomic mass is 10.1. The molecule has 1 saturated heterocycles. The quantitative estimate of drug-likeness (QED) is 0.630. The summed E-state index contributed by atoms with van der Waals surface area (Å²) >= 11 is 0. The van der Waals surface area contributed by atoms with Gasteiger partial charge in [-0.25, -0.2) is 0 Å². The second-order valence-corrected chi connectivity index (χ2v) is 6.31. The Kier molecular flexibility index (Phi) is 10.5. The molecule has 2 nitrogen and oxygen atoms in total. The van der Waals surface area contributed by atoms with E-state index in [0.717, 1.165) is 0 Å². The van der Waals surface area contributed by atoms with Crippen molar-refractivity contribution in [1.82, 2.24) is 10.2 Å². The molecule has 1 aliphatic rings. The van der Waals surface area contributed by atoms with Crippen molar-refractivity contribution in [2.24, 2.45) is 0 Å². The summed E-state index contributed by atoms with van der Waals surface area (Å²) in [5.41, 5.74) is 0. The average Bonchev–Trinajstić information content (AvgIpc) is 2.40. The molecule has 0 aromatic rings. The van der Waals surface area contributed by atoms with Crippen LogP contribution in [0.4, 0.5) is 0 Å². The third-order valence-electron chi connectivity index (χ3n) is 4.35. The first-order chi connectivity index (χ1) is 9.33. The molecule has 1 N–H and O–H groups in total. The molecule has 0 aromatic carbocycles. The molecule has 1 atom stereocenters. The van der Waals surface area contributed by atoms with Crippen molar-refractivity contribution in [3.05, 3.63) is 0 Å². The molecule has 114 valence electrons. The molecule has 19 heavy (non-hydrogen) atoms. The molecule has 0 aliphatic carbocycles. The zero-order valence-electron chi connectivity index (χ0n) is 13.4. The van der Waals surface area contributed by atoms with Crippen LogP contribution in [0.15, 0.2) is 0 Å². The Labute approximate surface area is 121 Å². The summed E-state index contributed by atoms with van der Waals surface area (Å²) in [6.07, 6.45) is 14.1. The first-order valence-corrected chi connectivity index (χ1v) is 8.78. The molecule has 0 saturated carbocycles. The highest BCUT2D eigenvalue weighted by atomic mass is 15.1. The Bertz CT molecular complexity index is 194. The van der Waals surface area contributed by atoms with Gasteiger partial charge in [-0.05, 0) is 52.4 Å². The highest BCUT2D eigenvalue weighted by Crippen LogP contribution is 2.10. The van der Waals surface area contributed by atoms with Crippen molar-refractivity contribution in [1.29, 1.82) is 0 Å². The molecule has 0 spiro atoms. The summed E-state index contributed by atoms with van der Waals surface area (Å²) < 4.78 is 0. The Morgan fingerprint density at radius 1 is 0.947 bits per heavy atom. The molecule has 0 aromatic heterocycles. The fraction of sp³-hybridized carbons (Fsp3) is 1.00. The van der Waals surface area contributed by atoms with Crippen LogP contribution in [-0.2, 0) is 0 Å². The minimum absolute atomic E-state index is 0.710. The predicted molar refractivity (Wildman–Crippen MR) is 85.7 cm³/mol. The van der Waals surface area contributed by atoms with Crippen LogP contribution in [0.1, 0.15) is 78.1 Å². The lowest BCUT2D eigenvalue weighted by Crippen LogP contribution is -2.38. The lowest BCUT2D eigenvalue weighted by molar-refractivity contribution is 0.232. The van der Waals surface area contributed by atoms with E-state index in [1.54, 1.807) is 0 Å². The number of hydrogen-bond donors (Lipinski definition) is 1. The highest BCUT2D eigenvalue weighted by molar-refractivity contribution is 4.69. The van der Waals surface area contributed by atoms with E-state index in [0.29, 0.717) is 6.04 Å². The summed E-state index contributed by atoms with van der Waals surface area (Å²) in [6, 6.07) is 0.710. The Hall–Kier alpha value is -0.0800. The number of nitrogens with zero attached hydrogens (tertiary/aromatic N) is 1. The number of hydrogen-bond acceptors (Lipinski definition) is 2. The van der Waals surface area contributed by atoms with Gasteiger partial charge in [0.1, 0.15) is 0 Å². The van der Waals surface area contributed by atoms with Crippen molar-refractivity contribution in [2.45, 2.75) is 84.1 Å². The fourth-order valence-electron chi connectivity index (χ4n) is 2.93. The summed E-state index contributed by atoms with van der Waals surface area (Å²) in [4.78, 5) is 2.69. The topological polar surface area (TPSA) is 15.3 Å². The van der Waals surface area contributed by atoms with Gasteiger partial charge in [0.05, 0.1) is 0 Å². The Morgan fingerprint density at radius 2 is 1.63 bits per heavy atom. The highest BCUT2D eigenvalue weighted by Gasteiger charge is 2.10. The zero-order chi connectivity index (χ0) is 13.8. The van der Waals surface area contributed by atoms with Gasteiger partial charge in [-0.3, -0.25) is 0 Å². The van der Waals surface area contributed by atoms with Crippen LogP contribution in [0.5, 0.6) is 0 Å². The molecule has 1 heterocycles. The SMILES string of the molecule is CCCCCCCCCCN1CCCNC(C)CC1. The summed E-state index contributed by atoms with van der Waals surface area (Å²) in [7, 11) is 0. The minimum atomic E-state index is 0.710. The van der Waals surface area contributed by atoms with Gasteiger partial charge in [0, 0.05) is 6.04 Å². The van der Waals surface area contributed by atoms with Gasteiger partial charge in [0.25, 0.3) is 0 Å². The molecule has 1 fully saturated rings. The second-order valence-electron chi connectivity index (χ2n) is 6.31. The van der Waals surface area contributed by atoms with Gasteiger partial charge in [-0.1, -0.05) is 51.9 Å². The van der Waals surface area contributed by atoms with E-state index in [2.05, 4.69) is 24.1 Å². The normalized spacial score (nSPS) is 22.1. The summed E-state index contributed by atoms with van der Waals surface area (Å²) in [5.74, 6) is 0. The van der Waals surface area contributed by atoms with Crippen LogP contribution < -0.4 is 5.32 Å². The van der Waals surface area contributed by atoms with E-state index in [1.165, 1.54) is 90.4 Å². The maximum Gasteiger partial charge on any atom is 0.00509 e. The average molecular weight is 268 g/mol. The first kappa shape index (κ1) is 17.0. The van der Waals surface area contributed by atoms with Crippen LogP contribution in [0, 0.1) is 0 Å². The molecular formula is C17H36N2. The number of unbranched alkanes of at least 4 members (excludes halogenated alkanes) is 7. The molecule has 2 heteroatoms.